The van der Waals surface area contributed by atoms with E-state index in [0.717, 1.165) is 0 Å². The molecule has 116 valence electrons. The Morgan fingerprint density at radius 3 is 2.43 bits per heavy atom. The zero-order chi connectivity index (χ0) is 16.0. The molecule has 0 bridgehead atoms. The highest BCUT2D eigenvalue weighted by molar-refractivity contribution is 5.87. The molecule has 1 aromatic carbocycles. The summed E-state index contributed by atoms with van der Waals surface area (Å²) >= 11 is 0. The summed E-state index contributed by atoms with van der Waals surface area (Å²) in [5.74, 6) is -1.31. The molecule has 5 nitrogen and oxygen atoms in total. The van der Waals surface area contributed by atoms with E-state index in [1.807, 2.05) is 0 Å². The second-order valence-electron chi connectivity index (χ2n) is 4.97. The zero-order valence-corrected chi connectivity index (χ0v) is 12.6. The van der Waals surface area contributed by atoms with Gasteiger partial charge in [0.25, 0.3) is 5.91 Å². The Hall–Kier alpha value is -2.11. The number of methoxy groups -OCH3 is 1. The van der Waals surface area contributed by atoms with Crippen molar-refractivity contribution in [1.29, 1.82) is 0 Å². The Morgan fingerprint density at radius 1 is 1.24 bits per heavy atom. The maximum atomic E-state index is 13.0. The van der Waals surface area contributed by atoms with Gasteiger partial charge in [-0.05, 0) is 25.0 Å². The first-order valence-corrected chi connectivity index (χ1v) is 6.65. The molecule has 0 unspecified atom stereocenters. The first kappa shape index (κ1) is 16.9. The fraction of sp³-hybridized carbons (Fsp3) is 0.467. The summed E-state index contributed by atoms with van der Waals surface area (Å²) in [5.41, 5.74) is 0. The van der Waals surface area contributed by atoms with Crippen LogP contribution in [0.4, 0.5) is 4.39 Å². The minimum atomic E-state index is -0.863. The van der Waals surface area contributed by atoms with E-state index in [1.165, 1.54) is 32.2 Å². The second kappa shape index (κ2) is 7.61. The predicted molar refractivity (Wildman–Crippen MR) is 75.3 cm³/mol. The van der Waals surface area contributed by atoms with Crippen LogP contribution < -0.4 is 10.1 Å². The number of amides is 1. The van der Waals surface area contributed by atoms with E-state index in [2.05, 4.69) is 10.1 Å². The molecule has 0 aromatic heterocycles. The molecule has 1 rings (SSSR count). The molecule has 0 spiro atoms. The van der Waals surface area contributed by atoms with Crippen molar-refractivity contribution >= 4 is 11.9 Å². The molecule has 0 aliphatic rings. The van der Waals surface area contributed by atoms with E-state index >= 15 is 0 Å². The van der Waals surface area contributed by atoms with Crippen LogP contribution in [0.2, 0.25) is 0 Å². The van der Waals surface area contributed by atoms with Crippen LogP contribution in [0.25, 0.3) is 0 Å². The van der Waals surface area contributed by atoms with Gasteiger partial charge < -0.3 is 14.8 Å². The van der Waals surface area contributed by atoms with Crippen molar-refractivity contribution in [2.75, 3.05) is 7.11 Å². The normalized spacial score (nSPS) is 13.4. The van der Waals surface area contributed by atoms with Crippen molar-refractivity contribution in [3.8, 4) is 5.75 Å². The number of hydrogen-bond donors (Lipinski definition) is 1. The number of halogens is 1. The summed E-state index contributed by atoms with van der Waals surface area (Å²) in [7, 11) is 1.26. The minimum absolute atomic E-state index is 0.122. The Balaban J connectivity index is 2.67. The zero-order valence-electron chi connectivity index (χ0n) is 12.6. The van der Waals surface area contributed by atoms with Crippen LogP contribution in [0.1, 0.15) is 20.8 Å². The summed E-state index contributed by atoms with van der Waals surface area (Å²) in [6.07, 6.45) is -0.863. The summed E-state index contributed by atoms with van der Waals surface area (Å²) < 4.78 is 23.0. The molecule has 0 aliphatic carbocycles. The Morgan fingerprint density at radius 2 is 1.90 bits per heavy atom. The Kier molecular flexibility index (Phi) is 6.14. The van der Waals surface area contributed by atoms with Crippen molar-refractivity contribution in [2.24, 2.45) is 5.92 Å². The lowest BCUT2D eigenvalue weighted by atomic mass is 10.0. The SMILES string of the molecule is COC(=O)[C@H](NC(=O)[C@H](C)Oc1cccc(F)c1)C(C)C. The highest BCUT2D eigenvalue weighted by Gasteiger charge is 2.27. The third kappa shape index (κ3) is 5.06. The van der Waals surface area contributed by atoms with Crippen LogP contribution in [0.5, 0.6) is 5.75 Å². The number of hydrogen-bond acceptors (Lipinski definition) is 4. The standard InChI is InChI=1S/C15H20FNO4/c1-9(2)13(15(19)20-4)17-14(18)10(3)21-12-7-5-6-11(16)8-12/h5-10,13H,1-4H3,(H,17,18)/t10-,13+/m0/s1. The van der Waals surface area contributed by atoms with E-state index in [1.54, 1.807) is 19.9 Å². The van der Waals surface area contributed by atoms with Gasteiger partial charge in [-0.2, -0.15) is 0 Å². The smallest absolute Gasteiger partial charge is 0.328 e. The van der Waals surface area contributed by atoms with E-state index in [-0.39, 0.29) is 11.7 Å². The Bertz CT molecular complexity index is 504. The van der Waals surface area contributed by atoms with Gasteiger partial charge in [-0.15, -0.1) is 0 Å². The predicted octanol–water partition coefficient (Wildman–Crippen LogP) is 1.91. The lowest BCUT2D eigenvalue weighted by Gasteiger charge is -2.22. The third-order valence-corrected chi connectivity index (χ3v) is 2.90. The fourth-order valence-electron chi connectivity index (χ4n) is 1.69. The second-order valence-corrected chi connectivity index (χ2v) is 4.97. The molecule has 1 amide bonds. The van der Waals surface area contributed by atoms with Gasteiger partial charge in [0.15, 0.2) is 6.10 Å². The van der Waals surface area contributed by atoms with Crippen LogP contribution in [0.3, 0.4) is 0 Å². The van der Waals surface area contributed by atoms with Crippen molar-refractivity contribution < 1.29 is 23.5 Å². The van der Waals surface area contributed by atoms with Crippen LogP contribution in [0.15, 0.2) is 24.3 Å². The minimum Gasteiger partial charge on any atom is -0.481 e. The molecule has 1 aromatic rings. The van der Waals surface area contributed by atoms with E-state index in [4.69, 9.17) is 4.74 Å². The van der Waals surface area contributed by atoms with Gasteiger partial charge in [-0.25, -0.2) is 9.18 Å². The van der Waals surface area contributed by atoms with Crippen LogP contribution >= 0.6 is 0 Å². The Labute approximate surface area is 123 Å². The largest absolute Gasteiger partial charge is 0.481 e. The van der Waals surface area contributed by atoms with Crippen LogP contribution in [-0.2, 0) is 14.3 Å². The van der Waals surface area contributed by atoms with Crippen molar-refractivity contribution in [3.63, 3.8) is 0 Å². The third-order valence-electron chi connectivity index (χ3n) is 2.90. The van der Waals surface area contributed by atoms with Crippen molar-refractivity contribution in [2.45, 2.75) is 32.9 Å². The summed E-state index contributed by atoms with van der Waals surface area (Å²) in [6, 6.07) is 4.75. The molecule has 6 heteroatoms. The number of esters is 1. The number of nitrogens with one attached hydrogen (secondary N) is 1. The van der Waals surface area contributed by atoms with Crippen molar-refractivity contribution in [1.82, 2.24) is 5.32 Å². The van der Waals surface area contributed by atoms with Crippen molar-refractivity contribution in [3.05, 3.63) is 30.1 Å². The summed E-state index contributed by atoms with van der Waals surface area (Å²) in [5, 5.41) is 2.57. The first-order chi connectivity index (χ1) is 9.85. The average molecular weight is 297 g/mol. The first-order valence-electron chi connectivity index (χ1n) is 6.65. The topological polar surface area (TPSA) is 64.6 Å². The molecular weight excluding hydrogens is 277 g/mol. The molecule has 1 N–H and O–H groups in total. The summed E-state index contributed by atoms with van der Waals surface area (Å²) in [4.78, 5) is 23.6. The maximum Gasteiger partial charge on any atom is 0.328 e. The van der Waals surface area contributed by atoms with Crippen LogP contribution in [0, 0.1) is 11.7 Å². The van der Waals surface area contributed by atoms with E-state index in [0.29, 0.717) is 0 Å². The van der Waals surface area contributed by atoms with Gasteiger partial charge in [-0.3, -0.25) is 4.79 Å². The van der Waals surface area contributed by atoms with E-state index < -0.39 is 29.8 Å². The monoisotopic (exact) mass is 297 g/mol. The quantitative estimate of drug-likeness (QED) is 0.815. The van der Waals surface area contributed by atoms with Gasteiger partial charge in [0, 0.05) is 6.07 Å². The maximum absolute atomic E-state index is 13.0. The average Bonchev–Trinajstić information content (AvgIpc) is 2.43. The number of carbonyl (C=O) groups is 2. The van der Waals surface area contributed by atoms with Gasteiger partial charge in [0.2, 0.25) is 0 Å². The van der Waals surface area contributed by atoms with Gasteiger partial charge in [0.05, 0.1) is 7.11 Å². The van der Waals surface area contributed by atoms with Gasteiger partial charge >= 0.3 is 5.97 Å². The molecule has 0 saturated heterocycles. The number of ether oxygens (including phenoxy) is 2. The van der Waals surface area contributed by atoms with Crippen LogP contribution in [-0.4, -0.2) is 31.1 Å². The lowest BCUT2D eigenvalue weighted by Crippen LogP contribution is -2.49. The number of rotatable bonds is 6. The molecule has 21 heavy (non-hydrogen) atoms. The molecule has 0 aliphatic heterocycles. The van der Waals surface area contributed by atoms with Gasteiger partial charge in [0.1, 0.15) is 17.6 Å². The molecule has 2 atom stereocenters. The lowest BCUT2D eigenvalue weighted by molar-refractivity contribution is -0.147. The van der Waals surface area contributed by atoms with Gasteiger partial charge in [-0.1, -0.05) is 19.9 Å². The molecule has 0 radical (unpaired) electrons. The summed E-state index contributed by atoms with van der Waals surface area (Å²) in [6.45, 7) is 5.11. The highest BCUT2D eigenvalue weighted by atomic mass is 19.1. The molecule has 0 saturated carbocycles. The molecular formula is C15H20FNO4. The fourth-order valence-corrected chi connectivity index (χ4v) is 1.69. The molecule has 0 fully saturated rings. The molecule has 0 heterocycles. The van der Waals surface area contributed by atoms with E-state index in [9.17, 15) is 14.0 Å². The number of carbonyl (C=O) groups excluding carboxylic acids is 2. The highest BCUT2D eigenvalue weighted by Crippen LogP contribution is 2.14. The number of benzene rings is 1.